The highest BCUT2D eigenvalue weighted by molar-refractivity contribution is 6.30. The standard InChI is InChI=1S/C25H32ClFN4O2/c1-17-23(6-4-18-3-5-21(26)22(27)15-18)28-16-29-24(17)25(32)31-11-7-19(8-12-31)30-13-9-20(33-2)10-14-30/h3,5,15-16,19-20H,4,6-14H2,1-2H3. The number of methoxy groups -OCH3 is 1. The molecule has 1 amide bonds. The first-order chi connectivity index (χ1) is 16.0. The molecule has 0 aliphatic carbocycles. The number of piperidine rings is 2. The molecule has 1 aromatic heterocycles. The van der Waals surface area contributed by atoms with Gasteiger partial charge in [-0.1, -0.05) is 17.7 Å². The summed E-state index contributed by atoms with van der Waals surface area (Å²) in [7, 11) is 1.79. The number of nitrogens with zero attached hydrogens (tertiary/aromatic N) is 4. The van der Waals surface area contributed by atoms with Crippen molar-refractivity contribution < 1.29 is 13.9 Å². The van der Waals surface area contributed by atoms with Crippen molar-refractivity contribution in [3.05, 3.63) is 57.9 Å². The van der Waals surface area contributed by atoms with Crippen LogP contribution in [0.2, 0.25) is 5.02 Å². The molecule has 0 atom stereocenters. The van der Waals surface area contributed by atoms with Crippen molar-refractivity contribution in [1.29, 1.82) is 0 Å². The Bertz CT molecular complexity index is 973. The maximum Gasteiger partial charge on any atom is 0.272 e. The number of hydrogen-bond donors (Lipinski definition) is 0. The monoisotopic (exact) mass is 474 g/mol. The highest BCUT2D eigenvalue weighted by Crippen LogP contribution is 2.24. The Labute approximate surface area is 200 Å². The van der Waals surface area contributed by atoms with Crippen LogP contribution in [0.3, 0.4) is 0 Å². The number of likely N-dealkylation sites (tertiary alicyclic amines) is 2. The van der Waals surface area contributed by atoms with Gasteiger partial charge in [-0.2, -0.15) is 0 Å². The van der Waals surface area contributed by atoms with Gasteiger partial charge in [-0.3, -0.25) is 4.79 Å². The quantitative estimate of drug-likeness (QED) is 0.631. The molecule has 0 N–H and O–H groups in total. The minimum Gasteiger partial charge on any atom is -0.381 e. The lowest BCUT2D eigenvalue weighted by atomic mass is 9.98. The van der Waals surface area contributed by atoms with Gasteiger partial charge >= 0.3 is 0 Å². The maximum absolute atomic E-state index is 13.7. The molecule has 1 aromatic carbocycles. The zero-order valence-corrected chi connectivity index (χ0v) is 20.2. The van der Waals surface area contributed by atoms with Crippen LogP contribution in [-0.4, -0.2) is 71.1 Å². The lowest BCUT2D eigenvalue weighted by molar-refractivity contribution is 0.0144. The topological polar surface area (TPSA) is 58.6 Å². The molecule has 33 heavy (non-hydrogen) atoms. The molecule has 178 valence electrons. The average Bonchev–Trinajstić information content (AvgIpc) is 2.85. The molecule has 0 unspecified atom stereocenters. The summed E-state index contributed by atoms with van der Waals surface area (Å²) in [4.78, 5) is 26.4. The van der Waals surface area contributed by atoms with Crippen molar-refractivity contribution in [1.82, 2.24) is 19.8 Å². The third kappa shape index (κ3) is 5.70. The Morgan fingerprint density at radius 1 is 1.12 bits per heavy atom. The molecular formula is C25H32ClFN4O2. The smallest absolute Gasteiger partial charge is 0.272 e. The van der Waals surface area contributed by atoms with Gasteiger partial charge in [-0.25, -0.2) is 14.4 Å². The Kier molecular flexibility index (Phi) is 7.94. The van der Waals surface area contributed by atoms with Crippen LogP contribution in [0.1, 0.15) is 53.0 Å². The number of hydrogen-bond acceptors (Lipinski definition) is 5. The van der Waals surface area contributed by atoms with Crippen molar-refractivity contribution in [3.63, 3.8) is 0 Å². The van der Waals surface area contributed by atoms with Gasteiger partial charge in [0.2, 0.25) is 0 Å². The Hall–Kier alpha value is -2.09. The number of amides is 1. The van der Waals surface area contributed by atoms with E-state index in [4.69, 9.17) is 16.3 Å². The number of aromatic nitrogens is 2. The molecule has 2 aromatic rings. The van der Waals surface area contributed by atoms with Gasteiger partial charge in [-0.05, 0) is 63.1 Å². The molecule has 0 radical (unpaired) electrons. The molecular weight excluding hydrogens is 443 g/mol. The fraction of sp³-hybridized carbons (Fsp3) is 0.560. The molecule has 2 fully saturated rings. The summed E-state index contributed by atoms with van der Waals surface area (Å²) in [6, 6.07) is 5.37. The summed E-state index contributed by atoms with van der Waals surface area (Å²) in [5.74, 6) is -0.443. The molecule has 3 heterocycles. The average molecular weight is 475 g/mol. The molecule has 0 spiro atoms. The first-order valence-electron chi connectivity index (χ1n) is 11.8. The third-order valence-electron chi connectivity index (χ3n) is 7.10. The third-order valence-corrected chi connectivity index (χ3v) is 7.41. The summed E-state index contributed by atoms with van der Waals surface area (Å²) in [5.41, 5.74) is 2.95. The molecule has 8 heteroatoms. The fourth-order valence-electron chi connectivity index (χ4n) is 4.97. The fourth-order valence-corrected chi connectivity index (χ4v) is 5.09. The van der Waals surface area contributed by atoms with E-state index < -0.39 is 5.82 Å². The SMILES string of the molecule is COC1CCN(C2CCN(C(=O)c3ncnc(CCc4ccc(Cl)c(F)c4)c3C)CC2)CC1. The molecule has 2 aliphatic rings. The zero-order valence-electron chi connectivity index (χ0n) is 19.4. The van der Waals surface area contributed by atoms with Crippen molar-refractivity contribution in [2.45, 2.75) is 57.6 Å². The van der Waals surface area contributed by atoms with Gasteiger partial charge in [0, 0.05) is 50.6 Å². The highest BCUT2D eigenvalue weighted by Gasteiger charge is 2.31. The maximum atomic E-state index is 13.7. The Morgan fingerprint density at radius 2 is 1.85 bits per heavy atom. The summed E-state index contributed by atoms with van der Waals surface area (Å²) < 4.78 is 19.2. The largest absolute Gasteiger partial charge is 0.381 e. The van der Waals surface area contributed by atoms with Crippen LogP contribution in [-0.2, 0) is 17.6 Å². The normalized spacial score (nSPS) is 18.6. The van der Waals surface area contributed by atoms with Crippen LogP contribution in [0.5, 0.6) is 0 Å². The van der Waals surface area contributed by atoms with Gasteiger partial charge in [0.25, 0.3) is 5.91 Å². The zero-order chi connectivity index (χ0) is 23.4. The lowest BCUT2D eigenvalue weighted by Gasteiger charge is -2.41. The van der Waals surface area contributed by atoms with Crippen molar-refractivity contribution in [2.24, 2.45) is 0 Å². The highest BCUT2D eigenvalue weighted by atomic mass is 35.5. The first-order valence-corrected chi connectivity index (χ1v) is 12.1. The Balaban J connectivity index is 1.34. The molecule has 2 saturated heterocycles. The summed E-state index contributed by atoms with van der Waals surface area (Å²) in [6.45, 7) is 5.54. The molecule has 4 rings (SSSR count). The number of benzene rings is 1. The van der Waals surface area contributed by atoms with E-state index in [2.05, 4.69) is 14.9 Å². The minimum absolute atomic E-state index is 0.0229. The number of carbonyl (C=O) groups excluding carboxylic acids is 1. The van der Waals surface area contributed by atoms with E-state index >= 15 is 0 Å². The van der Waals surface area contributed by atoms with E-state index in [-0.39, 0.29) is 10.9 Å². The van der Waals surface area contributed by atoms with Gasteiger partial charge in [0.1, 0.15) is 17.8 Å². The first kappa shape index (κ1) is 24.0. The van der Waals surface area contributed by atoms with Crippen LogP contribution < -0.4 is 0 Å². The van der Waals surface area contributed by atoms with Gasteiger partial charge in [0.05, 0.1) is 11.1 Å². The molecule has 6 nitrogen and oxygen atoms in total. The van der Waals surface area contributed by atoms with Gasteiger partial charge in [0.15, 0.2) is 0 Å². The van der Waals surface area contributed by atoms with Crippen LogP contribution in [0, 0.1) is 12.7 Å². The number of carbonyl (C=O) groups is 1. The minimum atomic E-state index is -0.420. The molecule has 0 saturated carbocycles. The number of halogens is 2. The second-order valence-electron chi connectivity index (χ2n) is 9.04. The second-order valence-corrected chi connectivity index (χ2v) is 9.44. The van der Waals surface area contributed by atoms with Crippen LogP contribution >= 0.6 is 11.6 Å². The predicted octanol–water partition coefficient (Wildman–Crippen LogP) is 4.08. The predicted molar refractivity (Wildman–Crippen MR) is 126 cm³/mol. The molecule has 0 bridgehead atoms. The number of rotatable bonds is 6. The number of ether oxygens (including phenoxy) is 1. The lowest BCUT2D eigenvalue weighted by Crippen LogP contribution is -2.49. The van der Waals surface area contributed by atoms with Gasteiger partial charge < -0.3 is 14.5 Å². The van der Waals surface area contributed by atoms with Gasteiger partial charge in [-0.15, -0.1) is 0 Å². The van der Waals surface area contributed by atoms with E-state index in [1.807, 2.05) is 17.9 Å². The summed E-state index contributed by atoms with van der Waals surface area (Å²) >= 11 is 5.77. The second kappa shape index (κ2) is 10.9. The number of aryl methyl sites for hydroxylation is 2. The summed E-state index contributed by atoms with van der Waals surface area (Å²) in [5, 5.41) is 0.119. The Morgan fingerprint density at radius 3 is 2.52 bits per heavy atom. The van der Waals surface area contributed by atoms with E-state index in [0.717, 1.165) is 68.7 Å². The van der Waals surface area contributed by atoms with E-state index in [1.54, 1.807) is 13.2 Å². The van der Waals surface area contributed by atoms with E-state index in [9.17, 15) is 9.18 Å². The van der Waals surface area contributed by atoms with Crippen LogP contribution in [0.4, 0.5) is 4.39 Å². The van der Waals surface area contributed by atoms with E-state index in [0.29, 0.717) is 30.7 Å². The van der Waals surface area contributed by atoms with Crippen molar-refractivity contribution in [2.75, 3.05) is 33.3 Å². The van der Waals surface area contributed by atoms with Crippen molar-refractivity contribution in [3.8, 4) is 0 Å². The summed E-state index contributed by atoms with van der Waals surface area (Å²) in [6.07, 6.45) is 7.22. The van der Waals surface area contributed by atoms with Crippen LogP contribution in [0.15, 0.2) is 24.5 Å². The van der Waals surface area contributed by atoms with Crippen LogP contribution in [0.25, 0.3) is 0 Å². The van der Waals surface area contributed by atoms with E-state index in [1.165, 1.54) is 12.4 Å². The molecule has 2 aliphatic heterocycles. The van der Waals surface area contributed by atoms with Crippen molar-refractivity contribution >= 4 is 17.5 Å².